The largest absolute Gasteiger partial charge is 0.467 e. The average Bonchev–Trinajstić information content (AvgIpc) is 3.37. The van der Waals surface area contributed by atoms with Crippen molar-refractivity contribution in [1.82, 2.24) is 15.0 Å². The third-order valence-corrected chi connectivity index (χ3v) is 4.79. The summed E-state index contributed by atoms with van der Waals surface area (Å²) < 4.78 is 10.7. The number of aromatic nitrogens is 2. The standard InChI is InChI=1S/C21H25N3O3/c1-14(2)16-7-9-17(10-8-16)21-22-19(27-23-21)11-12-20(25)24(4)15(3)18-6-5-13-26-18/h5-10,13-15H,11-12H2,1-4H3. The van der Waals surface area contributed by atoms with Gasteiger partial charge in [-0.3, -0.25) is 4.79 Å². The molecule has 0 fully saturated rings. The van der Waals surface area contributed by atoms with E-state index in [0.29, 0.717) is 30.5 Å². The van der Waals surface area contributed by atoms with Crippen LogP contribution >= 0.6 is 0 Å². The molecule has 6 nitrogen and oxygen atoms in total. The number of aryl methyl sites for hydroxylation is 1. The first-order valence-electron chi connectivity index (χ1n) is 9.17. The zero-order chi connectivity index (χ0) is 19.4. The number of carbonyl (C=O) groups excluding carboxylic acids is 1. The molecule has 0 aliphatic rings. The summed E-state index contributed by atoms with van der Waals surface area (Å²) in [7, 11) is 1.77. The van der Waals surface area contributed by atoms with Crippen molar-refractivity contribution >= 4 is 5.91 Å². The Balaban J connectivity index is 1.58. The lowest BCUT2D eigenvalue weighted by Gasteiger charge is -2.23. The van der Waals surface area contributed by atoms with Crippen LogP contribution in [0.2, 0.25) is 0 Å². The van der Waals surface area contributed by atoms with E-state index in [0.717, 1.165) is 11.3 Å². The fraction of sp³-hybridized carbons (Fsp3) is 0.381. The van der Waals surface area contributed by atoms with Crippen molar-refractivity contribution in [3.8, 4) is 11.4 Å². The maximum Gasteiger partial charge on any atom is 0.227 e. The van der Waals surface area contributed by atoms with Crippen LogP contribution in [-0.4, -0.2) is 28.0 Å². The highest BCUT2D eigenvalue weighted by atomic mass is 16.5. The van der Waals surface area contributed by atoms with Gasteiger partial charge < -0.3 is 13.8 Å². The van der Waals surface area contributed by atoms with Crippen LogP contribution in [0.4, 0.5) is 0 Å². The van der Waals surface area contributed by atoms with Gasteiger partial charge in [-0.2, -0.15) is 4.98 Å². The lowest BCUT2D eigenvalue weighted by molar-refractivity contribution is -0.132. The van der Waals surface area contributed by atoms with Crippen LogP contribution < -0.4 is 0 Å². The smallest absolute Gasteiger partial charge is 0.227 e. The van der Waals surface area contributed by atoms with E-state index in [-0.39, 0.29) is 11.9 Å². The molecule has 0 spiro atoms. The molecule has 1 unspecified atom stereocenters. The second kappa shape index (κ2) is 8.20. The summed E-state index contributed by atoms with van der Waals surface area (Å²) in [5.41, 5.74) is 2.17. The Kier molecular flexibility index (Phi) is 5.74. The van der Waals surface area contributed by atoms with Crippen molar-refractivity contribution in [2.24, 2.45) is 0 Å². The topological polar surface area (TPSA) is 72.4 Å². The van der Waals surface area contributed by atoms with E-state index in [1.54, 1.807) is 18.2 Å². The van der Waals surface area contributed by atoms with E-state index in [9.17, 15) is 4.79 Å². The van der Waals surface area contributed by atoms with Gasteiger partial charge in [0, 0.05) is 25.5 Å². The lowest BCUT2D eigenvalue weighted by Crippen LogP contribution is -2.29. The number of amides is 1. The van der Waals surface area contributed by atoms with E-state index >= 15 is 0 Å². The van der Waals surface area contributed by atoms with Crippen molar-refractivity contribution in [3.05, 3.63) is 59.9 Å². The number of nitrogens with zero attached hydrogens (tertiary/aromatic N) is 3. The molecule has 3 aromatic rings. The SMILES string of the molecule is CC(C)c1ccc(-c2noc(CCC(=O)N(C)C(C)c3ccco3)n2)cc1. The molecule has 27 heavy (non-hydrogen) atoms. The third kappa shape index (κ3) is 4.45. The van der Waals surface area contributed by atoms with Crippen molar-refractivity contribution in [3.63, 3.8) is 0 Å². The summed E-state index contributed by atoms with van der Waals surface area (Å²) in [4.78, 5) is 18.5. The fourth-order valence-electron chi connectivity index (χ4n) is 2.82. The normalized spacial score (nSPS) is 12.3. The third-order valence-electron chi connectivity index (χ3n) is 4.79. The number of benzene rings is 1. The number of hydrogen-bond acceptors (Lipinski definition) is 5. The highest BCUT2D eigenvalue weighted by Gasteiger charge is 2.20. The van der Waals surface area contributed by atoms with E-state index in [1.807, 2.05) is 31.2 Å². The molecule has 0 radical (unpaired) electrons. The number of rotatable bonds is 7. The molecule has 0 bridgehead atoms. The van der Waals surface area contributed by atoms with E-state index in [1.165, 1.54) is 5.56 Å². The fourth-order valence-corrected chi connectivity index (χ4v) is 2.82. The van der Waals surface area contributed by atoms with Crippen molar-refractivity contribution in [2.45, 2.75) is 45.6 Å². The van der Waals surface area contributed by atoms with Gasteiger partial charge in [0.1, 0.15) is 5.76 Å². The van der Waals surface area contributed by atoms with Crippen molar-refractivity contribution < 1.29 is 13.7 Å². The molecule has 0 aliphatic heterocycles. The van der Waals surface area contributed by atoms with Crippen LogP contribution in [0.15, 0.2) is 51.6 Å². The van der Waals surface area contributed by atoms with Crippen LogP contribution in [-0.2, 0) is 11.2 Å². The number of hydrogen-bond donors (Lipinski definition) is 0. The van der Waals surface area contributed by atoms with Gasteiger partial charge in [-0.15, -0.1) is 0 Å². The molecule has 2 heterocycles. The minimum atomic E-state index is -0.120. The summed E-state index contributed by atoms with van der Waals surface area (Å²) in [5.74, 6) is 2.25. The zero-order valence-corrected chi connectivity index (χ0v) is 16.2. The van der Waals surface area contributed by atoms with Crippen LogP contribution in [0.3, 0.4) is 0 Å². The predicted octanol–water partition coefficient (Wildman–Crippen LogP) is 4.61. The second-order valence-electron chi connectivity index (χ2n) is 6.98. The van der Waals surface area contributed by atoms with Gasteiger partial charge in [-0.05, 0) is 30.5 Å². The van der Waals surface area contributed by atoms with Gasteiger partial charge in [0.25, 0.3) is 0 Å². The molecular formula is C21H25N3O3. The van der Waals surface area contributed by atoms with Crippen LogP contribution in [0, 0.1) is 0 Å². The van der Waals surface area contributed by atoms with Gasteiger partial charge in [-0.1, -0.05) is 43.3 Å². The summed E-state index contributed by atoms with van der Waals surface area (Å²) >= 11 is 0. The molecular weight excluding hydrogens is 342 g/mol. The molecule has 2 aromatic heterocycles. The highest BCUT2D eigenvalue weighted by Crippen LogP contribution is 2.22. The van der Waals surface area contributed by atoms with Crippen LogP contribution in [0.5, 0.6) is 0 Å². The molecule has 0 aliphatic carbocycles. The van der Waals surface area contributed by atoms with Gasteiger partial charge >= 0.3 is 0 Å². The molecule has 0 N–H and O–H groups in total. The van der Waals surface area contributed by atoms with E-state index < -0.39 is 0 Å². The number of carbonyl (C=O) groups is 1. The van der Waals surface area contributed by atoms with Gasteiger partial charge in [0.05, 0.1) is 12.3 Å². The minimum Gasteiger partial charge on any atom is -0.467 e. The first-order chi connectivity index (χ1) is 13.0. The summed E-state index contributed by atoms with van der Waals surface area (Å²) in [5, 5.41) is 4.03. The molecule has 1 amide bonds. The summed E-state index contributed by atoms with van der Waals surface area (Å²) in [6, 6.07) is 11.7. The molecule has 1 aromatic carbocycles. The Morgan fingerprint density at radius 2 is 1.89 bits per heavy atom. The molecule has 1 atom stereocenters. The van der Waals surface area contributed by atoms with E-state index in [2.05, 4.69) is 36.1 Å². The molecule has 0 saturated heterocycles. The minimum absolute atomic E-state index is 0.0000590. The van der Waals surface area contributed by atoms with Crippen LogP contribution in [0.25, 0.3) is 11.4 Å². The van der Waals surface area contributed by atoms with Crippen molar-refractivity contribution in [1.29, 1.82) is 0 Å². The van der Waals surface area contributed by atoms with Crippen molar-refractivity contribution in [2.75, 3.05) is 7.05 Å². The Morgan fingerprint density at radius 3 is 2.52 bits per heavy atom. The quantitative estimate of drug-likeness (QED) is 0.610. The zero-order valence-electron chi connectivity index (χ0n) is 16.2. The summed E-state index contributed by atoms with van der Waals surface area (Å²) in [6.07, 6.45) is 2.32. The first-order valence-corrected chi connectivity index (χ1v) is 9.17. The lowest BCUT2D eigenvalue weighted by atomic mass is 10.0. The van der Waals surface area contributed by atoms with Crippen LogP contribution in [0.1, 0.15) is 56.4 Å². The monoisotopic (exact) mass is 367 g/mol. The average molecular weight is 367 g/mol. The second-order valence-corrected chi connectivity index (χ2v) is 6.98. The molecule has 0 saturated carbocycles. The number of furan rings is 1. The Hall–Kier alpha value is -2.89. The highest BCUT2D eigenvalue weighted by molar-refractivity contribution is 5.76. The Labute approximate surface area is 159 Å². The maximum atomic E-state index is 12.4. The Bertz CT molecular complexity index is 866. The molecule has 142 valence electrons. The van der Waals surface area contributed by atoms with E-state index in [4.69, 9.17) is 8.94 Å². The first kappa shape index (κ1) is 18.9. The van der Waals surface area contributed by atoms with Gasteiger partial charge in [-0.25, -0.2) is 0 Å². The Morgan fingerprint density at radius 1 is 1.15 bits per heavy atom. The molecule has 3 rings (SSSR count). The molecule has 6 heteroatoms. The predicted molar refractivity (Wildman–Crippen MR) is 102 cm³/mol. The summed E-state index contributed by atoms with van der Waals surface area (Å²) in [6.45, 7) is 6.24. The van der Waals surface area contributed by atoms with Gasteiger partial charge in [0.15, 0.2) is 0 Å². The van der Waals surface area contributed by atoms with Gasteiger partial charge in [0.2, 0.25) is 17.6 Å². The maximum absolute atomic E-state index is 12.4.